The lowest BCUT2D eigenvalue weighted by molar-refractivity contribution is -0.151. The van der Waals surface area contributed by atoms with E-state index in [4.69, 9.17) is 9.47 Å². The molecule has 4 aromatic rings. The van der Waals surface area contributed by atoms with E-state index < -0.39 is 41.8 Å². The van der Waals surface area contributed by atoms with E-state index in [-0.39, 0.29) is 18.9 Å². The van der Waals surface area contributed by atoms with Crippen LogP contribution in [0.5, 0.6) is 11.5 Å². The van der Waals surface area contributed by atoms with Crippen LogP contribution in [0.4, 0.5) is 24.5 Å². The summed E-state index contributed by atoms with van der Waals surface area (Å²) in [6, 6.07) is 24.9. The highest BCUT2D eigenvalue weighted by Gasteiger charge is 2.37. The van der Waals surface area contributed by atoms with Crippen molar-refractivity contribution in [1.82, 2.24) is 0 Å². The molecular weight excluding hydrogens is 525 g/mol. The summed E-state index contributed by atoms with van der Waals surface area (Å²) in [4.78, 5) is 38.7. The largest absolute Gasteiger partial charge is 0.457 e. The molecular formula is C30H23F3N2O5. The Hall–Kier alpha value is -4.86. The molecule has 2 amide bonds. The van der Waals surface area contributed by atoms with E-state index >= 15 is 0 Å². The molecule has 0 aromatic heterocycles. The van der Waals surface area contributed by atoms with Crippen LogP contribution in [-0.2, 0) is 25.3 Å². The van der Waals surface area contributed by atoms with Gasteiger partial charge in [-0.25, -0.2) is 0 Å². The molecule has 1 aliphatic heterocycles. The molecule has 1 atom stereocenters. The molecule has 1 aliphatic rings. The van der Waals surface area contributed by atoms with Crippen LogP contribution in [0.1, 0.15) is 12.0 Å². The summed E-state index contributed by atoms with van der Waals surface area (Å²) in [6.45, 7) is -0.740. The maximum Gasteiger partial charge on any atom is 0.418 e. The number of carbonyl (C=O) groups excluding carboxylic acids is 3. The zero-order valence-corrected chi connectivity index (χ0v) is 21.0. The van der Waals surface area contributed by atoms with Gasteiger partial charge in [0.15, 0.2) is 6.61 Å². The van der Waals surface area contributed by atoms with Crippen LogP contribution < -0.4 is 15.0 Å². The third-order valence-electron chi connectivity index (χ3n) is 6.44. The molecule has 0 spiro atoms. The first-order valence-electron chi connectivity index (χ1n) is 12.4. The SMILES string of the molecule is O=C(COC(=O)[C@H]1CC(=O)N(c2ccc(Oc3cccc4ccccc34)cc2)C1)Nc1ccccc1C(F)(F)F. The molecule has 40 heavy (non-hydrogen) atoms. The average Bonchev–Trinajstić information content (AvgIpc) is 3.33. The Morgan fingerprint density at radius 1 is 0.900 bits per heavy atom. The van der Waals surface area contributed by atoms with E-state index in [2.05, 4.69) is 5.32 Å². The number of carbonyl (C=O) groups is 3. The number of nitrogens with one attached hydrogen (secondary N) is 1. The number of anilines is 2. The molecule has 5 rings (SSSR count). The van der Waals surface area contributed by atoms with E-state index in [0.717, 1.165) is 22.9 Å². The third kappa shape index (κ3) is 5.90. The molecule has 0 unspecified atom stereocenters. The fourth-order valence-electron chi connectivity index (χ4n) is 4.50. The van der Waals surface area contributed by atoms with Gasteiger partial charge in [0.1, 0.15) is 11.5 Å². The second-order valence-corrected chi connectivity index (χ2v) is 9.18. The van der Waals surface area contributed by atoms with Gasteiger partial charge in [0.05, 0.1) is 17.2 Å². The van der Waals surface area contributed by atoms with Crippen LogP contribution in [0.2, 0.25) is 0 Å². The van der Waals surface area contributed by atoms with Crippen LogP contribution >= 0.6 is 0 Å². The smallest absolute Gasteiger partial charge is 0.418 e. The van der Waals surface area contributed by atoms with Crippen molar-refractivity contribution >= 4 is 39.9 Å². The van der Waals surface area contributed by atoms with Crippen molar-refractivity contribution in [2.75, 3.05) is 23.4 Å². The topological polar surface area (TPSA) is 84.9 Å². The van der Waals surface area contributed by atoms with Gasteiger partial charge < -0.3 is 19.7 Å². The van der Waals surface area contributed by atoms with Gasteiger partial charge in [-0.15, -0.1) is 0 Å². The second-order valence-electron chi connectivity index (χ2n) is 9.18. The maximum absolute atomic E-state index is 13.1. The minimum Gasteiger partial charge on any atom is -0.457 e. The van der Waals surface area contributed by atoms with Crippen LogP contribution in [-0.4, -0.2) is 30.9 Å². The Kier molecular flexibility index (Phi) is 7.41. The Labute approximate surface area is 227 Å². The Morgan fingerprint density at radius 2 is 1.60 bits per heavy atom. The lowest BCUT2D eigenvalue weighted by Crippen LogP contribution is -2.28. The summed E-state index contributed by atoms with van der Waals surface area (Å²) in [5, 5.41) is 4.12. The summed E-state index contributed by atoms with van der Waals surface area (Å²) in [6.07, 6.45) is -4.78. The van der Waals surface area contributed by atoms with Crippen molar-refractivity contribution in [1.29, 1.82) is 0 Å². The van der Waals surface area contributed by atoms with Crippen molar-refractivity contribution in [3.8, 4) is 11.5 Å². The average molecular weight is 549 g/mol. The second kappa shape index (κ2) is 11.1. The summed E-state index contributed by atoms with van der Waals surface area (Å²) < 4.78 is 50.4. The number of ether oxygens (including phenoxy) is 2. The molecule has 1 heterocycles. The van der Waals surface area contributed by atoms with Gasteiger partial charge in [0.2, 0.25) is 5.91 Å². The summed E-state index contributed by atoms with van der Waals surface area (Å²) in [5.74, 6) is -1.57. The number of nitrogens with zero attached hydrogens (tertiary/aromatic N) is 1. The van der Waals surface area contributed by atoms with Crippen LogP contribution in [0, 0.1) is 5.92 Å². The molecule has 1 saturated heterocycles. The third-order valence-corrected chi connectivity index (χ3v) is 6.44. The molecule has 4 aromatic carbocycles. The van der Waals surface area contributed by atoms with Gasteiger partial charge in [-0.05, 0) is 47.9 Å². The quantitative estimate of drug-likeness (QED) is 0.279. The van der Waals surface area contributed by atoms with E-state index in [1.807, 2.05) is 42.5 Å². The molecule has 1 N–H and O–H groups in total. The summed E-state index contributed by atoms with van der Waals surface area (Å²) in [5.41, 5.74) is -0.890. The molecule has 1 fully saturated rings. The number of hydrogen-bond donors (Lipinski definition) is 1. The highest BCUT2D eigenvalue weighted by atomic mass is 19.4. The minimum absolute atomic E-state index is 0.0414. The number of benzene rings is 4. The predicted octanol–water partition coefficient (Wildman–Crippen LogP) is 6.19. The maximum atomic E-state index is 13.1. The molecule has 204 valence electrons. The van der Waals surface area contributed by atoms with E-state index in [0.29, 0.717) is 17.2 Å². The molecule has 0 aliphatic carbocycles. The Balaban J connectivity index is 1.17. The van der Waals surface area contributed by atoms with Crippen molar-refractivity contribution in [2.45, 2.75) is 12.6 Å². The number of esters is 1. The monoisotopic (exact) mass is 548 g/mol. The first-order chi connectivity index (χ1) is 19.2. The number of hydrogen-bond acceptors (Lipinski definition) is 5. The van der Waals surface area contributed by atoms with E-state index in [1.165, 1.54) is 17.0 Å². The lowest BCUT2D eigenvalue weighted by Gasteiger charge is -2.17. The van der Waals surface area contributed by atoms with Gasteiger partial charge >= 0.3 is 12.1 Å². The molecule has 0 radical (unpaired) electrons. The molecule has 0 saturated carbocycles. The number of fused-ring (bicyclic) bond motifs is 1. The standard InChI is InChI=1S/C30H23F3N2O5/c31-30(32,33)24-9-3-4-10-25(24)34-27(36)18-39-29(38)20-16-28(37)35(17-20)21-12-14-22(15-13-21)40-26-11-5-7-19-6-1-2-8-23(19)26/h1-15,20H,16-18H2,(H,34,36)/t20-/m0/s1. The van der Waals surface area contributed by atoms with E-state index in [9.17, 15) is 27.6 Å². The fourth-order valence-corrected chi connectivity index (χ4v) is 4.50. The molecule has 10 heteroatoms. The lowest BCUT2D eigenvalue weighted by atomic mass is 10.1. The van der Waals surface area contributed by atoms with Crippen LogP contribution in [0.25, 0.3) is 10.8 Å². The van der Waals surface area contributed by atoms with Crippen molar-refractivity contribution in [3.05, 3.63) is 96.6 Å². The highest BCUT2D eigenvalue weighted by Crippen LogP contribution is 2.35. The van der Waals surface area contributed by atoms with Gasteiger partial charge in [-0.1, -0.05) is 48.5 Å². The number of amides is 2. The normalized spacial score (nSPS) is 15.2. The summed E-state index contributed by atoms with van der Waals surface area (Å²) in [7, 11) is 0. The van der Waals surface area contributed by atoms with Crippen molar-refractivity contribution in [2.24, 2.45) is 5.92 Å². The first-order valence-corrected chi connectivity index (χ1v) is 12.4. The number of alkyl halides is 3. The summed E-state index contributed by atoms with van der Waals surface area (Å²) >= 11 is 0. The zero-order valence-electron chi connectivity index (χ0n) is 21.0. The molecule has 7 nitrogen and oxygen atoms in total. The fraction of sp³-hybridized carbons (Fsp3) is 0.167. The Bertz CT molecular complexity index is 1560. The molecule has 0 bridgehead atoms. The number of rotatable bonds is 7. The number of halogens is 3. The van der Waals surface area contributed by atoms with Gasteiger partial charge in [0.25, 0.3) is 5.91 Å². The highest BCUT2D eigenvalue weighted by molar-refractivity contribution is 6.00. The van der Waals surface area contributed by atoms with Gasteiger partial charge in [0, 0.05) is 24.0 Å². The van der Waals surface area contributed by atoms with Crippen molar-refractivity contribution < 1.29 is 37.0 Å². The minimum atomic E-state index is -4.66. The number of para-hydroxylation sites is 1. The van der Waals surface area contributed by atoms with Gasteiger partial charge in [-0.3, -0.25) is 14.4 Å². The van der Waals surface area contributed by atoms with Crippen molar-refractivity contribution in [3.63, 3.8) is 0 Å². The first kappa shape index (κ1) is 26.7. The predicted molar refractivity (Wildman–Crippen MR) is 142 cm³/mol. The van der Waals surface area contributed by atoms with Crippen LogP contribution in [0.3, 0.4) is 0 Å². The van der Waals surface area contributed by atoms with Gasteiger partial charge in [-0.2, -0.15) is 13.2 Å². The van der Waals surface area contributed by atoms with Crippen LogP contribution in [0.15, 0.2) is 91.0 Å². The Morgan fingerprint density at radius 3 is 2.38 bits per heavy atom. The van der Waals surface area contributed by atoms with E-state index in [1.54, 1.807) is 24.3 Å². The zero-order chi connectivity index (χ0) is 28.3.